The summed E-state index contributed by atoms with van der Waals surface area (Å²) in [6, 6.07) is 78.3. The molecule has 143 heavy (non-hydrogen) atoms. The molecule has 32 bridgehead atoms. The van der Waals surface area contributed by atoms with E-state index >= 15 is 0 Å². The zero-order valence-electron chi connectivity index (χ0n) is 81.4. The smallest absolute Gasteiger partial charge is 0.445 e. The van der Waals surface area contributed by atoms with Gasteiger partial charge in [0.05, 0.1) is 33.6 Å². The number of pyridine rings is 2. The van der Waals surface area contributed by atoms with Gasteiger partial charge in [0.25, 0.3) is 0 Å². The number of nitrogens with zero attached hydrogens (tertiary/aromatic N) is 24. The van der Waals surface area contributed by atoms with Crippen LogP contribution in [0.25, 0.3) is 91.3 Å². The van der Waals surface area contributed by atoms with Crippen molar-refractivity contribution in [3.8, 4) is 91.3 Å². The summed E-state index contributed by atoms with van der Waals surface area (Å²) in [6.07, 6.45) is 27.3. The number of imidazole rings is 8. The number of fused-ring (bicyclic) bond motifs is 38. The molecule has 723 valence electrons. The van der Waals surface area contributed by atoms with Gasteiger partial charge in [0.1, 0.15) is 23.3 Å². The number of rotatable bonds is 5. The van der Waals surface area contributed by atoms with Crippen LogP contribution in [0.5, 0.6) is 0 Å². The summed E-state index contributed by atoms with van der Waals surface area (Å²) >= 11 is 3.14. The topological polar surface area (TPSA) is 262 Å². The molecule has 18 heterocycles. The van der Waals surface area contributed by atoms with Crippen LogP contribution in [-0.4, -0.2) is 96.5 Å². The van der Waals surface area contributed by atoms with E-state index in [1.165, 1.54) is 0 Å². The van der Waals surface area contributed by atoms with Gasteiger partial charge in [-0.3, -0.25) is 14.9 Å². The Morgan fingerprint density at radius 3 is 1.10 bits per heavy atom. The van der Waals surface area contributed by atoms with Crippen molar-refractivity contribution in [1.29, 1.82) is 0 Å². The predicted molar refractivity (Wildman–Crippen MR) is 547 cm³/mol. The molecule has 7 aromatic carbocycles. The number of allylic oxidation sites excluding steroid dienone is 2. The van der Waals surface area contributed by atoms with Gasteiger partial charge >= 0.3 is 80.3 Å². The Bertz CT molecular complexity index is 7630. The number of para-hydroxylation sites is 5. The van der Waals surface area contributed by atoms with Gasteiger partial charge in [-0.25, -0.2) is 19.9 Å². The van der Waals surface area contributed by atoms with Crippen molar-refractivity contribution < 1.29 is 80.3 Å². The van der Waals surface area contributed by atoms with Gasteiger partial charge in [0.2, 0.25) is 0 Å². The monoisotopic (exact) mass is 2500 g/mol. The number of aliphatic imine (C=N–C) groups is 2. The summed E-state index contributed by atoms with van der Waals surface area (Å²) in [4.78, 5) is 92.2. The molecule has 1 radical (unpaired) electrons. The second kappa shape index (κ2) is 38.1. The first-order valence-electron chi connectivity index (χ1n) is 46.3. The van der Waals surface area contributed by atoms with Crippen LogP contribution in [-0.2, 0) is 107 Å². The molecule has 12 aromatic heterocycles. The summed E-state index contributed by atoms with van der Waals surface area (Å²) in [5.74, 6) is 5.55. The average molecular weight is 2510 g/mol. The van der Waals surface area contributed by atoms with Crippen LogP contribution < -0.4 is 29.7 Å². The van der Waals surface area contributed by atoms with Gasteiger partial charge in [-0.15, -0.1) is 117 Å². The van der Waals surface area contributed by atoms with E-state index in [9.17, 15) is 0 Å². The van der Waals surface area contributed by atoms with Crippen molar-refractivity contribution in [3.63, 3.8) is 0 Å². The Labute approximate surface area is 893 Å². The average Bonchev–Trinajstić information content (AvgIpc) is 1.59. The number of thiazole rings is 2. The van der Waals surface area contributed by atoms with E-state index in [2.05, 4.69) is 269 Å². The molecule has 0 spiro atoms. The van der Waals surface area contributed by atoms with Crippen molar-refractivity contribution in [3.05, 3.63) is 389 Å². The first-order chi connectivity index (χ1) is 66.7. The van der Waals surface area contributed by atoms with E-state index in [4.69, 9.17) is 69.8 Å². The standard InChI is InChI=1S/2C30H26N8.C30H32N2.C23H14N6S2.Cu.3Pt/c1-29(2)21-15-31-25(33-21)27-35-23(17-37(27)19-11-7-5-8-12-19)30(3,4)24-18-38(20-13-9-6-10-14-20)28(36-24)26-32-16-22(29)34-26;1-29(2)25-31-15-21(33-25)23-17-37(19-11-7-5-8-12-19)27(35-23)30(3,4)28-36-24(22-16-32-26(29)34-22)18-38(28)20-13-9-6-10-14-20;1-27(2)17-23-30(7,8)24-18-28(3,4)26(32-24)20-12-10-14-22(16-20)29(5,6)21-13-9-11-19(15-21)25(27)31-23;1-28-22-26-20(13-30-22)15-7-18(11-24-9-15)29(17-5-3-2-4-6-17)19-8-16(10-25-12-19)21-14-31-23(28)27-21;;;;/h2*5-18H,1-4H3;9-14,17-18H,1-8H3;2-6,9-14H,1H3;;;;/q4*-2;4*+2. The van der Waals surface area contributed by atoms with Gasteiger partial charge < -0.3 is 83.0 Å². The van der Waals surface area contributed by atoms with E-state index in [-0.39, 0.29) is 102 Å². The van der Waals surface area contributed by atoms with Crippen LogP contribution >= 0.6 is 22.7 Å². The van der Waals surface area contributed by atoms with Crippen LogP contribution in [0, 0.1) is 40.5 Å². The SMILES string of the molecule is CC1(C)C=C2N=C1c1[c-]c(ccc1)C(C)(C)c1[c-]c(ccc1)C1=NC(=CC1(C)C)C2(C)C.CC1(C)c2cn(-c3ccccc3)c(n2)-c2ncc([n-]2)C(C)(C)c2cnc([n-]2)-c2nc1cn2-c1ccccc1.CC1(C)c2ncc([n-]2)-c2cn(-c3ccccc3)c(n2)C(C)(C)c2nc(cn2-c2ccccc2)-c2cnc1[n-]2.CN1c2nc(cs2)-c2[c-]c(cnc2)N(c2ccccc2)c2[c-]c(cnc2)-c2csc1n2.[Cu+2].[Pt+2].[Pt+2].[Pt+2]. The van der Waals surface area contributed by atoms with Gasteiger partial charge in [-0.05, 0) is 193 Å². The van der Waals surface area contributed by atoms with Crippen LogP contribution in [0.1, 0.15) is 179 Å². The molecule has 25 rings (SSSR count). The molecule has 0 amide bonds. The second-order valence-corrected chi connectivity index (χ2v) is 41.7. The van der Waals surface area contributed by atoms with Gasteiger partial charge in [0, 0.05) is 93.9 Å². The van der Waals surface area contributed by atoms with Crippen molar-refractivity contribution in [2.75, 3.05) is 16.8 Å². The maximum Gasteiger partial charge on any atom is 2.00 e. The Hall–Kier alpha value is -13.2. The fraction of sp³-hybridized carbons (Fsp3) is 0.221. The summed E-state index contributed by atoms with van der Waals surface area (Å²) in [6.45, 7) is 34.8. The maximum atomic E-state index is 5.22. The molecule has 19 aromatic rings. The molecule has 6 aliphatic heterocycles. The van der Waals surface area contributed by atoms with Crippen molar-refractivity contribution >= 4 is 61.4 Å². The summed E-state index contributed by atoms with van der Waals surface area (Å²) in [5, 5.41) is 5.78. The molecule has 0 atom stereocenters. The quantitative estimate of drug-likeness (QED) is 0.114. The fourth-order valence-electron chi connectivity index (χ4n) is 18.5. The Morgan fingerprint density at radius 1 is 0.322 bits per heavy atom. The molecule has 30 heteroatoms. The molecule has 0 saturated heterocycles. The molecule has 0 fully saturated rings. The van der Waals surface area contributed by atoms with Gasteiger partial charge in [-0.1, -0.05) is 233 Å². The third-order valence-electron chi connectivity index (χ3n) is 27.2. The first-order valence-corrected chi connectivity index (χ1v) is 48.1. The molecular weight excluding hydrogens is 2410 g/mol. The normalized spacial score (nSPS) is 16.1. The summed E-state index contributed by atoms with van der Waals surface area (Å²) < 4.78 is 8.41. The van der Waals surface area contributed by atoms with E-state index in [0.29, 0.717) is 34.9 Å². The first kappa shape index (κ1) is 99.9. The zero-order chi connectivity index (χ0) is 96.0. The van der Waals surface area contributed by atoms with Crippen molar-refractivity contribution in [2.45, 2.75) is 138 Å². The molecule has 6 aliphatic rings. The minimum Gasteiger partial charge on any atom is -0.445 e. The summed E-state index contributed by atoms with van der Waals surface area (Å²) in [7, 11) is 1.98. The predicted octanol–water partition coefficient (Wildman–Crippen LogP) is 23.1. The minimum atomic E-state index is -0.600. The van der Waals surface area contributed by atoms with Crippen LogP contribution in [0.2, 0.25) is 0 Å². The molecule has 0 aliphatic carbocycles. The largest absolute Gasteiger partial charge is 2.00 e. The molecule has 24 nitrogen and oxygen atoms in total. The number of anilines is 5. The number of hydrogen-bond acceptors (Lipinski definition) is 18. The third kappa shape index (κ3) is 18.0. The molecule has 0 N–H and O–H groups in total. The van der Waals surface area contributed by atoms with Crippen molar-refractivity contribution in [1.82, 2.24) is 98.0 Å². The minimum absolute atomic E-state index is 0. The molecule has 0 saturated carbocycles. The molecule has 0 unspecified atom stereocenters. The van der Waals surface area contributed by atoms with E-state index in [0.717, 1.165) is 175 Å². The third-order valence-corrected chi connectivity index (χ3v) is 29.0. The van der Waals surface area contributed by atoms with Gasteiger partial charge in [-0.2, -0.15) is 0 Å². The number of aromatic nitrogens is 20. The Balaban J connectivity index is 0.000000125. The van der Waals surface area contributed by atoms with Crippen LogP contribution in [0.4, 0.5) is 27.3 Å². The van der Waals surface area contributed by atoms with Crippen LogP contribution in [0.3, 0.4) is 0 Å². The second-order valence-electron chi connectivity index (χ2n) is 40.0. The maximum absolute atomic E-state index is 5.22. The molecular formula is C113H98CuN24Pt3S2. The number of hydrogen-bond donors (Lipinski definition) is 0. The van der Waals surface area contributed by atoms with E-state index < -0.39 is 21.7 Å². The number of benzene rings is 7. The Kier molecular flexibility index (Phi) is 26.7. The fourth-order valence-corrected chi connectivity index (χ4v) is 20.2. The summed E-state index contributed by atoms with van der Waals surface area (Å²) in [5.41, 5.74) is 21.9. The van der Waals surface area contributed by atoms with Crippen molar-refractivity contribution in [2.24, 2.45) is 26.2 Å². The Morgan fingerprint density at radius 2 is 0.706 bits per heavy atom. The van der Waals surface area contributed by atoms with E-state index in [1.807, 2.05) is 169 Å². The van der Waals surface area contributed by atoms with Gasteiger partial charge in [0.15, 0.2) is 10.3 Å². The van der Waals surface area contributed by atoms with E-state index in [1.54, 1.807) is 59.9 Å². The zero-order valence-corrected chi connectivity index (χ0v) is 90.8. The van der Waals surface area contributed by atoms with Crippen LogP contribution in [0.15, 0.2) is 307 Å².